The Morgan fingerprint density at radius 3 is 2.69 bits per heavy atom. The van der Waals surface area contributed by atoms with Crippen molar-refractivity contribution in [3.8, 4) is 0 Å². The van der Waals surface area contributed by atoms with Crippen molar-refractivity contribution in [3.05, 3.63) is 50.6 Å². The van der Waals surface area contributed by atoms with Crippen molar-refractivity contribution >= 4 is 38.9 Å². The molecule has 0 bridgehead atoms. The summed E-state index contributed by atoms with van der Waals surface area (Å²) in [5, 5.41) is 11.6. The van der Waals surface area contributed by atoms with E-state index in [1.165, 1.54) is 16.5 Å². The molecule has 0 aliphatic heterocycles. The molecule has 7 nitrogen and oxygen atoms in total. The summed E-state index contributed by atoms with van der Waals surface area (Å²) in [7, 11) is 0. The van der Waals surface area contributed by atoms with Gasteiger partial charge in [0.15, 0.2) is 10.6 Å². The van der Waals surface area contributed by atoms with Gasteiger partial charge in [-0.15, -0.1) is 16.4 Å². The number of thiophene rings is 1. The molecule has 2 unspecified atom stereocenters. The number of ketones is 1. The average molecular weight is 410 g/mol. The van der Waals surface area contributed by atoms with Gasteiger partial charge in [0.1, 0.15) is 6.04 Å². The van der Waals surface area contributed by atoms with Crippen LogP contribution in [0.2, 0.25) is 0 Å². The van der Waals surface area contributed by atoms with E-state index in [0.717, 1.165) is 24.8 Å². The second kappa shape index (κ2) is 7.51. The minimum Gasteiger partial charge on any atom is -0.326 e. The van der Waals surface area contributed by atoms with Crippen molar-refractivity contribution in [1.82, 2.24) is 15.0 Å². The third kappa shape index (κ3) is 3.60. The van der Waals surface area contributed by atoms with Crippen molar-refractivity contribution in [2.45, 2.75) is 46.1 Å². The Morgan fingerprint density at radius 2 is 2.00 bits per heavy atom. The zero-order valence-corrected chi connectivity index (χ0v) is 17.4. The highest BCUT2D eigenvalue weighted by atomic mass is 32.1. The Morgan fingerprint density at radius 1 is 1.28 bits per heavy atom. The highest BCUT2D eigenvalue weighted by molar-refractivity contribution is 7.18. The van der Waals surface area contributed by atoms with Gasteiger partial charge in [0.2, 0.25) is 5.91 Å². The van der Waals surface area contributed by atoms with E-state index in [1.54, 1.807) is 42.5 Å². The van der Waals surface area contributed by atoms with Crippen molar-refractivity contribution in [2.75, 3.05) is 5.32 Å². The molecule has 8 heteroatoms. The fourth-order valence-corrected chi connectivity index (χ4v) is 5.12. The molecule has 2 atom stereocenters. The smallest absolute Gasteiger partial charge is 0.279 e. The Balaban J connectivity index is 1.67. The van der Waals surface area contributed by atoms with Crippen LogP contribution in [0, 0.1) is 5.92 Å². The molecular formula is C21H22N4O3S. The van der Waals surface area contributed by atoms with Gasteiger partial charge in [0.25, 0.3) is 5.56 Å². The van der Waals surface area contributed by atoms with Crippen LogP contribution < -0.4 is 10.9 Å². The van der Waals surface area contributed by atoms with Crippen LogP contribution in [-0.2, 0) is 17.6 Å². The van der Waals surface area contributed by atoms with Gasteiger partial charge >= 0.3 is 0 Å². The first-order valence-electron chi connectivity index (χ1n) is 9.66. The highest BCUT2D eigenvalue weighted by Crippen LogP contribution is 2.35. The maximum Gasteiger partial charge on any atom is 0.279 e. The molecule has 2 heterocycles. The standard InChI is InChI=1S/C21H22N4O3S/c1-11-4-9-16-17(10-11)29-20-18(16)21(28)25(24-23-20)12(2)19(27)14-5-7-15(8-6-14)22-13(3)26/h5-8,11-12H,4,9-10H2,1-3H3,(H,22,26). The Hall–Kier alpha value is -2.87. The fourth-order valence-electron chi connectivity index (χ4n) is 3.80. The molecule has 3 aromatic rings. The summed E-state index contributed by atoms with van der Waals surface area (Å²) in [6.45, 7) is 5.30. The van der Waals surface area contributed by atoms with E-state index in [0.29, 0.717) is 27.4 Å². The van der Waals surface area contributed by atoms with Crippen molar-refractivity contribution < 1.29 is 9.59 Å². The first-order chi connectivity index (χ1) is 13.8. The number of anilines is 1. The van der Waals surface area contributed by atoms with Crippen LogP contribution in [0.25, 0.3) is 10.2 Å². The summed E-state index contributed by atoms with van der Waals surface area (Å²) in [5.74, 6) is 0.195. The van der Waals surface area contributed by atoms with E-state index in [9.17, 15) is 14.4 Å². The minimum absolute atomic E-state index is 0.180. The molecule has 0 radical (unpaired) electrons. The fraction of sp³-hybridized carbons (Fsp3) is 0.381. The van der Waals surface area contributed by atoms with E-state index in [2.05, 4.69) is 22.6 Å². The molecular weight excluding hydrogens is 388 g/mol. The molecule has 1 N–H and O–H groups in total. The normalized spacial score (nSPS) is 17.0. The van der Waals surface area contributed by atoms with Gasteiger partial charge in [-0.05, 0) is 61.9 Å². The lowest BCUT2D eigenvalue weighted by Gasteiger charge is -2.17. The lowest BCUT2D eigenvalue weighted by Crippen LogP contribution is -2.31. The number of fused-ring (bicyclic) bond motifs is 3. The predicted molar refractivity (Wildman–Crippen MR) is 113 cm³/mol. The molecule has 0 saturated carbocycles. The number of rotatable bonds is 4. The molecule has 2 aromatic heterocycles. The van der Waals surface area contributed by atoms with Gasteiger partial charge in [0, 0.05) is 23.1 Å². The predicted octanol–water partition coefficient (Wildman–Crippen LogP) is 3.38. The van der Waals surface area contributed by atoms with Gasteiger partial charge in [0.05, 0.1) is 5.39 Å². The molecule has 1 aromatic carbocycles. The molecule has 1 amide bonds. The molecule has 150 valence electrons. The highest BCUT2D eigenvalue weighted by Gasteiger charge is 2.26. The number of amides is 1. The molecule has 4 rings (SSSR count). The summed E-state index contributed by atoms with van der Waals surface area (Å²) < 4.78 is 1.19. The number of carbonyl (C=O) groups is 2. The number of Topliss-reactive ketones (excluding diaryl/α,β-unsaturated/α-hetero) is 1. The van der Waals surface area contributed by atoms with E-state index < -0.39 is 6.04 Å². The first kappa shape index (κ1) is 19.4. The van der Waals surface area contributed by atoms with Gasteiger partial charge in [-0.3, -0.25) is 14.4 Å². The number of nitrogens with zero attached hydrogens (tertiary/aromatic N) is 3. The van der Waals surface area contributed by atoms with Crippen molar-refractivity contribution in [1.29, 1.82) is 0 Å². The van der Waals surface area contributed by atoms with Crippen LogP contribution in [0.4, 0.5) is 5.69 Å². The number of carbonyl (C=O) groups excluding carboxylic acids is 2. The summed E-state index contributed by atoms with van der Waals surface area (Å²) in [5.41, 5.74) is 1.88. The van der Waals surface area contributed by atoms with Crippen LogP contribution >= 0.6 is 11.3 Å². The number of benzene rings is 1. The number of hydrogen-bond acceptors (Lipinski definition) is 6. The second-order valence-electron chi connectivity index (χ2n) is 7.67. The summed E-state index contributed by atoms with van der Waals surface area (Å²) in [6, 6.07) is 5.82. The first-order valence-corrected chi connectivity index (χ1v) is 10.5. The van der Waals surface area contributed by atoms with Crippen LogP contribution in [0.15, 0.2) is 29.1 Å². The molecule has 0 spiro atoms. The van der Waals surface area contributed by atoms with Gasteiger partial charge in [-0.1, -0.05) is 12.1 Å². The molecule has 0 saturated heterocycles. The summed E-state index contributed by atoms with van der Waals surface area (Å²) in [6.07, 6.45) is 2.88. The minimum atomic E-state index is -0.774. The van der Waals surface area contributed by atoms with Gasteiger partial charge in [-0.2, -0.15) is 4.68 Å². The number of hydrogen-bond donors (Lipinski definition) is 1. The number of aryl methyl sites for hydroxylation is 1. The van der Waals surface area contributed by atoms with Crippen LogP contribution in [0.1, 0.15) is 54.0 Å². The lowest BCUT2D eigenvalue weighted by molar-refractivity contribution is -0.114. The summed E-state index contributed by atoms with van der Waals surface area (Å²) >= 11 is 1.54. The number of nitrogens with one attached hydrogen (secondary N) is 1. The second-order valence-corrected chi connectivity index (χ2v) is 8.75. The zero-order chi connectivity index (χ0) is 20.7. The number of aromatic nitrogens is 3. The SMILES string of the molecule is CC(=O)Nc1ccc(C(=O)C(C)n2nnc3sc4c(c3c2=O)CCC(C)C4)cc1. The average Bonchev–Trinajstić information content (AvgIpc) is 3.05. The third-order valence-corrected chi connectivity index (χ3v) is 6.52. The van der Waals surface area contributed by atoms with Crippen molar-refractivity contribution in [2.24, 2.45) is 5.92 Å². The molecule has 1 aliphatic carbocycles. The van der Waals surface area contributed by atoms with Gasteiger partial charge in [-0.25, -0.2) is 0 Å². The maximum atomic E-state index is 13.2. The Kier molecular flexibility index (Phi) is 5.04. The largest absolute Gasteiger partial charge is 0.326 e. The Labute approximate surface area is 171 Å². The van der Waals surface area contributed by atoms with E-state index in [4.69, 9.17) is 0 Å². The topological polar surface area (TPSA) is 93.9 Å². The van der Waals surface area contributed by atoms with Gasteiger partial charge < -0.3 is 5.32 Å². The van der Waals surface area contributed by atoms with Crippen molar-refractivity contribution in [3.63, 3.8) is 0 Å². The molecule has 1 aliphatic rings. The van der Waals surface area contributed by atoms with Crippen LogP contribution in [-0.4, -0.2) is 26.7 Å². The summed E-state index contributed by atoms with van der Waals surface area (Å²) in [4.78, 5) is 39.1. The molecule has 29 heavy (non-hydrogen) atoms. The van der Waals surface area contributed by atoms with Crippen LogP contribution in [0.5, 0.6) is 0 Å². The quantitative estimate of drug-likeness (QED) is 0.666. The van der Waals surface area contributed by atoms with E-state index in [1.807, 2.05) is 0 Å². The molecule has 0 fully saturated rings. The maximum absolute atomic E-state index is 13.2. The monoisotopic (exact) mass is 410 g/mol. The van der Waals surface area contributed by atoms with Crippen LogP contribution in [0.3, 0.4) is 0 Å². The lowest BCUT2D eigenvalue weighted by atomic mass is 9.89. The van der Waals surface area contributed by atoms with E-state index in [-0.39, 0.29) is 17.2 Å². The Bertz CT molecular complexity index is 1160. The third-order valence-electron chi connectivity index (χ3n) is 5.38. The zero-order valence-electron chi connectivity index (χ0n) is 16.6. The van der Waals surface area contributed by atoms with E-state index >= 15 is 0 Å².